The molecule has 2 atom stereocenters. The second-order valence-electron chi connectivity index (χ2n) is 6.88. The second kappa shape index (κ2) is 6.88. The van der Waals surface area contributed by atoms with Gasteiger partial charge in [0, 0.05) is 19.2 Å². The first-order chi connectivity index (χ1) is 13.4. The Bertz CT molecular complexity index is 946. The average Bonchev–Trinajstić information content (AvgIpc) is 2.97. The molecule has 1 fully saturated rings. The van der Waals surface area contributed by atoms with E-state index in [0.29, 0.717) is 23.7 Å². The van der Waals surface area contributed by atoms with Crippen molar-refractivity contribution >= 4 is 29.2 Å². The van der Waals surface area contributed by atoms with Gasteiger partial charge in [-0.2, -0.15) is 0 Å². The van der Waals surface area contributed by atoms with E-state index in [4.69, 9.17) is 10.5 Å². The number of benzene rings is 2. The van der Waals surface area contributed by atoms with Gasteiger partial charge in [0.1, 0.15) is 18.4 Å². The number of carbonyl (C=O) groups is 3. The maximum Gasteiger partial charge on any atom is 0.325 e. The fourth-order valence-electron chi connectivity index (χ4n) is 3.75. The Morgan fingerprint density at radius 1 is 1.21 bits per heavy atom. The van der Waals surface area contributed by atoms with E-state index in [2.05, 4.69) is 5.32 Å². The van der Waals surface area contributed by atoms with E-state index >= 15 is 0 Å². The van der Waals surface area contributed by atoms with Crippen molar-refractivity contribution in [2.75, 3.05) is 23.3 Å². The van der Waals surface area contributed by atoms with Gasteiger partial charge < -0.3 is 20.7 Å². The first kappa shape index (κ1) is 17.8. The zero-order valence-corrected chi connectivity index (χ0v) is 15.3. The molecule has 0 spiro atoms. The summed E-state index contributed by atoms with van der Waals surface area (Å²) in [5, 5.41) is 2.72. The predicted molar refractivity (Wildman–Crippen MR) is 103 cm³/mol. The van der Waals surface area contributed by atoms with Crippen molar-refractivity contribution in [1.82, 2.24) is 4.90 Å². The zero-order chi connectivity index (χ0) is 19.8. The summed E-state index contributed by atoms with van der Waals surface area (Å²) in [7, 11) is 0. The summed E-state index contributed by atoms with van der Waals surface area (Å²) in [6, 6.07) is 14.2. The molecular weight excluding hydrogens is 360 g/mol. The number of urea groups is 1. The van der Waals surface area contributed by atoms with Gasteiger partial charge in [0.2, 0.25) is 11.8 Å². The van der Waals surface area contributed by atoms with Crippen LogP contribution in [0.2, 0.25) is 0 Å². The molecule has 2 aliphatic heterocycles. The summed E-state index contributed by atoms with van der Waals surface area (Å²) in [5.74, 6) is -0.246. The van der Waals surface area contributed by atoms with Crippen LogP contribution in [-0.2, 0) is 9.59 Å². The minimum atomic E-state index is -0.572. The van der Waals surface area contributed by atoms with Crippen molar-refractivity contribution in [2.45, 2.75) is 19.1 Å². The van der Waals surface area contributed by atoms with Crippen LogP contribution in [-0.4, -0.2) is 41.9 Å². The molecule has 2 heterocycles. The number of amides is 4. The fourth-order valence-corrected chi connectivity index (χ4v) is 3.75. The Balaban J connectivity index is 1.77. The highest BCUT2D eigenvalue weighted by Crippen LogP contribution is 2.45. The van der Waals surface area contributed by atoms with Gasteiger partial charge in [-0.25, -0.2) is 4.79 Å². The molecule has 0 saturated carbocycles. The normalized spacial score (nSPS) is 20.2. The molecule has 0 aromatic heterocycles. The van der Waals surface area contributed by atoms with Crippen LogP contribution in [0.3, 0.4) is 0 Å². The number of hydrogen-bond acceptors (Lipinski definition) is 4. The highest BCUT2D eigenvalue weighted by Gasteiger charge is 2.48. The summed E-state index contributed by atoms with van der Waals surface area (Å²) in [6.45, 7) is 1.57. The number of nitrogens with zero attached hydrogens (tertiary/aromatic N) is 2. The average molecular weight is 380 g/mol. The third kappa shape index (κ3) is 3.13. The first-order valence-electron chi connectivity index (χ1n) is 8.93. The number of hydrogen-bond donors (Lipinski definition) is 2. The molecule has 3 N–H and O–H groups in total. The van der Waals surface area contributed by atoms with E-state index in [0.717, 1.165) is 5.56 Å². The first-order valence-corrected chi connectivity index (χ1v) is 8.93. The van der Waals surface area contributed by atoms with E-state index in [9.17, 15) is 14.4 Å². The lowest BCUT2D eigenvalue weighted by atomic mass is 9.99. The standard InChI is InChI=1S/C20H20N4O4/c1-12(25)22-14-7-8-17-15(9-14)24-16(10-23(20(24)27)11-18(21)26)19(28-17)13-5-3-2-4-6-13/h2-9,16,19H,10-11H2,1H3,(H2,21,26)(H,22,25). The minimum absolute atomic E-state index is 0.159. The smallest absolute Gasteiger partial charge is 0.325 e. The van der Waals surface area contributed by atoms with Crippen molar-refractivity contribution in [2.24, 2.45) is 5.73 Å². The molecular formula is C20H20N4O4. The van der Waals surface area contributed by atoms with Gasteiger partial charge in [-0.05, 0) is 23.8 Å². The van der Waals surface area contributed by atoms with Crippen LogP contribution in [0.1, 0.15) is 18.6 Å². The molecule has 4 amide bonds. The Kier molecular flexibility index (Phi) is 4.38. The number of primary amides is 1. The Morgan fingerprint density at radius 2 is 1.96 bits per heavy atom. The van der Waals surface area contributed by atoms with Crippen molar-refractivity contribution < 1.29 is 19.1 Å². The lowest BCUT2D eigenvalue weighted by molar-refractivity contribution is -0.118. The largest absolute Gasteiger partial charge is 0.481 e. The van der Waals surface area contributed by atoms with Crippen LogP contribution in [0.15, 0.2) is 48.5 Å². The number of rotatable bonds is 4. The number of nitrogens with two attached hydrogens (primary N) is 1. The Morgan fingerprint density at radius 3 is 2.64 bits per heavy atom. The SMILES string of the molecule is CC(=O)Nc1ccc2c(c1)N1C(=O)N(CC(N)=O)CC1C(c1ccccc1)O2. The predicted octanol–water partition coefficient (Wildman–Crippen LogP) is 1.87. The maximum atomic E-state index is 13.0. The molecule has 8 nitrogen and oxygen atoms in total. The number of nitrogens with one attached hydrogen (secondary N) is 1. The third-order valence-electron chi connectivity index (χ3n) is 4.83. The number of fused-ring (bicyclic) bond motifs is 3. The highest BCUT2D eigenvalue weighted by molar-refractivity contribution is 6.00. The molecule has 1 saturated heterocycles. The van der Waals surface area contributed by atoms with Gasteiger partial charge in [-0.15, -0.1) is 0 Å². The zero-order valence-electron chi connectivity index (χ0n) is 15.3. The topological polar surface area (TPSA) is 105 Å². The summed E-state index contributed by atoms with van der Waals surface area (Å²) in [6.07, 6.45) is -0.387. The van der Waals surface area contributed by atoms with Gasteiger partial charge in [-0.1, -0.05) is 30.3 Å². The van der Waals surface area contributed by atoms with Crippen LogP contribution in [0.5, 0.6) is 5.75 Å². The Labute approximate surface area is 161 Å². The van der Waals surface area contributed by atoms with E-state index in [-0.39, 0.29) is 30.6 Å². The summed E-state index contributed by atoms with van der Waals surface area (Å²) in [5.41, 5.74) is 7.37. The lowest BCUT2D eigenvalue weighted by Gasteiger charge is -2.37. The summed E-state index contributed by atoms with van der Waals surface area (Å²) < 4.78 is 6.24. The van der Waals surface area contributed by atoms with Crippen LogP contribution >= 0.6 is 0 Å². The van der Waals surface area contributed by atoms with E-state index < -0.39 is 5.91 Å². The number of anilines is 2. The van der Waals surface area contributed by atoms with Crippen LogP contribution < -0.4 is 20.7 Å². The molecule has 2 aromatic rings. The third-order valence-corrected chi connectivity index (χ3v) is 4.83. The van der Waals surface area contributed by atoms with Gasteiger partial charge >= 0.3 is 6.03 Å². The number of ether oxygens (including phenoxy) is 1. The van der Waals surface area contributed by atoms with Crippen molar-refractivity contribution in [3.8, 4) is 5.75 Å². The molecule has 2 aliphatic rings. The van der Waals surface area contributed by atoms with Crippen LogP contribution in [0.4, 0.5) is 16.2 Å². The van der Waals surface area contributed by atoms with Crippen LogP contribution in [0, 0.1) is 0 Å². The van der Waals surface area contributed by atoms with Gasteiger partial charge in [0.05, 0.1) is 11.7 Å². The van der Waals surface area contributed by atoms with Gasteiger partial charge in [-0.3, -0.25) is 14.5 Å². The fraction of sp³-hybridized carbons (Fsp3) is 0.250. The monoisotopic (exact) mass is 380 g/mol. The molecule has 144 valence electrons. The van der Waals surface area contributed by atoms with Gasteiger partial charge in [0.15, 0.2) is 0 Å². The van der Waals surface area contributed by atoms with E-state index in [1.165, 1.54) is 11.8 Å². The highest BCUT2D eigenvalue weighted by atomic mass is 16.5. The molecule has 0 bridgehead atoms. The number of carbonyl (C=O) groups excluding carboxylic acids is 3. The molecule has 4 rings (SSSR count). The molecule has 0 radical (unpaired) electrons. The minimum Gasteiger partial charge on any atom is -0.481 e. The molecule has 2 unspecified atom stereocenters. The Hall–Kier alpha value is -3.55. The quantitative estimate of drug-likeness (QED) is 0.845. The summed E-state index contributed by atoms with van der Waals surface area (Å²) in [4.78, 5) is 38.9. The van der Waals surface area contributed by atoms with Crippen LogP contribution in [0.25, 0.3) is 0 Å². The molecule has 0 aliphatic carbocycles. The van der Waals surface area contributed by atoms with Gasteiger partial charge in [0.25, 0.3) is 0 Å². The van der Waals surface area contributed by atoms with Crippen molar-refractivity contribution in [1.29, 1.82) is 0 Å². The molecule has 2 aromatic carbocycles. The molecule has 8 heteroatoms. The maximum absolute atomic E-state index is 13.0. The molecule has 28 heavy (non-hydrogen) atoms. The van der Waals surface area contributed by atoms with E-state index in [1.54, 1.807) is 23.1 Å². The second-order valence-corrected chi connectivity index (χ2v) is 6.88. The van der Waals surface area contributed by atoms with Crippen molar-refractivity contribution in [3.63, 3.8) is 0 Å². The van der Waals surface area contributed by atoms with E-state index in [1.807, 2.05) is 30.3 Å². The lowest BCUT2D eigenvalue weighted by Crippen LogP contribution is -2.44. The summed E-state index contributed by atoms with van der Waals surface area (Å²) >= 11 is 0. The van der Waals surface area contributed by atoms with Crippen molar-refractivity contribution in [3.05, 3.63) is 54.1 Å².